The Labute approximate surface area is 159 Å². The lowest BCUT2D eigenvalue weighted by Gasteiger charge is -2.27. The molecular weight excluding hydrogens is 347 g/mol. The van der Waals surface area contributed by atoms with Crippen LogP contribution in [0.15, 0.2) is 48.5 Å². The Morgan fingerprint density at radius 2 is 1.74 bits per heavy atom. The van der Waals surface area contributed by atoms with Crippen LogP contribution in [0.2, 0.25) is 0 Å². The van der Waals surface area contributed by atoms with E-state index in [0.29, 0.717) is 16.9 Å². The van der Waals surface area contributed by atoms with Gasteiger partial charge in [0.25, 0.3) is 5.91 Å². The van der Waals surface area contributed by atoms with Crippen LogP contribution in [0.5, 0.6) is 5.75 Å². The van der Waals surface area contributed by atoms with E-state index in [-0.39, 0.29) is 30.1 Å². The van der Waals surface area contributed by atoms with E-state index in [2.05, 4.69) is 5.32 Å². The highest BCUT2D eigenvalue weighted by Gasteiger charge is 2.27. The van der Waals surface area contributed by atoms with Gasteiger partial charge in [-0.15, -0.1) is 0 Å². The van der Waals surface area contributed by atoms with Gasteiger partial charge in [-0.05, 0) is 36.2 Å². The summed E-state index contributed by atoms with van der Waals surface area (Å²) in [4.78, 5) is 26.8. The smallest absolute Gasteiger partial charge is 0.251 e. The van der Waals surface area contributed by atoms with E-state index in [0.717, 1.165) is 0 Å². The molecule has 0 saturated heterocycles. The van der Waals surface area contributed by atoms with Gasteiger partial charge in [-0.2, -0.15) is 0 Å². The van der Waals surface area contributed by atoms with Crippen LogP contribution < -0.4 is 10.1 Å². The van der Waals surface area contributed by atoms with Gasteiger partial charge in [0.05, 0.1) is 7.11 Å². The monoisotopic (exact) mass is 372 g/mol. The van der Waals surface area contributed by atoms with Gasteiger partial charge in [0, 0.05) is 24.7 Å². The number of hydrogen-bond acceptors (Lipinski definition) is 3. The fourth-order valence-corrected chi connectivity index (χ4v) is 2.68. The van der Waals surface area contributed by atoms with Crippen molar-refractivity contribution in [3.8, 4) is 5.75 Å². The van der Waals surface area contributed by atoms with Crippen LogP contribution in [0.3, 0.4) is 0 Å². The normalized spacial score (nSPS) is 11.8. The van der Waals surface area contributed by atoms with E-state index >= 15 is 0 Å². The number of amides is 2. The average Bonchev–Trinajstić information content (AvgIpc) is 2.67. The molecule has 0 saturated carbocycles. The van der Waals surface area contributed by atoms with E-state index < -0.39 is 6.04 Å². The number of methoxy groups -OCH3 is 1. The zero-order valence-corrected chi connectivity index (χ0v) is 16.0. The number of nitrogens with zero attached hydrogens (tertiary/aromatic N) is 1. The molecule has 0 fully saturated rings. The summed E-state index contributed by atoms with van der Waals surface area (Å²) in [7, 11) is 3.15. The Morgan fingerprint density at radius 3 is 2.30 bits per heavy atom. The lowest BCUT2D eigenvalue weighted by atomic mass is 10.0. The number of carbonyl (C=O) groups excluding carboxylic acids is 2. The van der Waals surface area contributed by atoms with Crippen LogP contribution in [0.4, 0.5) is 4.39 Å². The molecule has 2 rings (SSSR count). The molecule has 0 heterocycles. The summed E-state index contributed by atoms with van der Waals surface area (Å²) in [6.45, 7) is 3.84. The molecule has 2 aromatic rings. The maximum absolute atomic E-state index is 13.8. The van der Waals surface area contributed by atoms with Gasteiger partial charge in [0.2, 0.25) is 5.91 Å². The molecule has 5 nitrogen and oxygen atoms in total. The molecule has 0 aromatic heterocycles. The van der Waals surface area contributed by atoms with E-state index in [1.165, 1.54) is 11.0 Å². The SMILES string of the molecule is COc1ccc(C(=O)NC(C(=O)N(C)Cc2ccccc2F)C(C)C)cc1. The van der Waals surface area contributed by atoms with Crippen molar-refractivity contribution in [2.45, 2.75) is 26.4 Å². The first kappa shape index (κ1) is 20.4. The van der Waals surface area contributed by atoms with Gasteiger partial charge in [0.15, 0.2) is 0 Å². The van der Waals surface area contributed by atoms with Gasteiger partial charge in [-0.3, -0.25) is 9.59 Å². The molecule has 0 radical (unpaired) electrons. The molecular formula is C21H25FN2O3. The first-order valence-electron chi connectivity index (χ1n) is 8.76. The third-order valence-electron chi connectivity index (χ3n) is 4.31. The second kappa shape index (κ2) is 9.16. The summed E-state index contributed by atoms with van der Waals surface area (Å²) >= 11 is 0. The lowest BCUT2D eigenvalue weighted by molar-refractivity contribution is -0.133. The number of rotatable bonds is 7. The summed E-state index contributed by atoms with van der Waals surface area (Å²) in [5.74, 6) is -0.449. The predicted molar refractivity (Wildman–Crippen MR) is 102 cm³/mol. The van der Waals surface area contributed by atoms with Crippen molar-refractivity contribution in [1.29, 1.82) is 0 Å². The lowest BCUT2D eigenvalue weighted by Crippen LogP contribution is -2.50. The molecule has 6 heteroatoms. The number of benzene rings is 2. The molecule has 0 aliphatic carbocycles. The number of likely N-dealkylation sites (N-methyl/N-ethyl adjacent to an activating group) is 1. The van der Waals surface area contributed by atoms with Gasteiger partial charge >= 0.3 is 0 Å². The summed E-state index contributed by atoms with van der Waals surface area (Å²) in [6, 6.07) is 12.3. The van der Waals surface area contributed by atoms with E-state index in [1.807, 2.05) is 13.8 Å². The fourth-order valence-electron chi connectivity index (χ4n) is 2.68. The van der Waals surface area contributed by atoms with Crippen LogP contribution in [-0.4, -0.2) is 36.9 Å². The second-order valence-corrected chi connectivity index (χ2v) is 6.71. The summed E-state index contributed by atoms with van der Waals surface area (Å²) in [6.07, 6.45) is 0. The minimum absolute atomic E-state index is 0.122. The quantitative estimate of drug-likeness (QED) is 0.812. The topological polar surface area (TPSA) is 58.6 Å². The molecule has 2 aromatic carbocycles. The van der Waals surface area contributed by atoms with Crippen molar-refractivity contribution in [3.63, 3.8) is 0 Å². The second-order valence-electron chi connectivity index (χ2n) is 6.71. The minimum atomic E-state index is -0.712. The molecule has 0 bridgehead atoms. The molecule has 0 aliphatic rings. The van der Waals surface area contributed by atoms with Crippen molar-refractivity contribution in [1.82, 2.24) is 10.2 Å². The van der Waals surface area contributed by atoms with Gasteiger partial charge in [-0.1, -0.05) is 32.0 Å². The number of ether oxygens (including phenoxy) is 1. The third-order valence-corrected chi connectivity index (χ3v) is 4.31. The predicted octanol–water partition coefficient (Wildman–Crippen LogP) is 3.25. The van der Waals surface area contributed by atoms with Crippen molar-refractivity contribution in [3.05, 3.63) is 65.5 Å². The highest BCUT2D eigenvalue weighted by molar-refractivity contribution is 5.97. The third kappa shape index (κ3) is 5.29. The van der Waals surface area contributed by atoms with Gasteiger partial charge in [-0.25, -0.2) is 4.39 Å². The number of nitrogens with one attached hydrogen (secondary N) is 1. The maximum Gasteiger partial charge on any atom is 0.251 e. The Morgan fingerprint density at radius 1 is 1.11 bits per heavy atom. The van der Waals surface area contributed by atoms with Crippen LogP contribution >= 0.6 is 0 Å². The van der Waals surface area contributed by atoms with Gasteiger partial charge < -0.3 is 15.0 Å². The van der Waals surface area contributed by atoms with Crippen LogP contribution in [0, 0.1) is 11.7 Å². The van der Waals surface area contributed by atoms with Crippen molar-refractivity contribution in [2.75, 3.05) is 14.2 Å². The molecule has 1 atom stereocenters. The first-order valence-corrected chi connectivity index (χ1v) is 8.76. The summed E-state index contributed by atoms with van der Waals surface area (Å²) in [5.41, 5.74) is 0.864. The molecule has 144 valence electrons. The average molecular weight is 372 g/mol. The largest absolute Gasteiger partial charge is 0.497 e. The first-order chi connectivity index (χ1) is 12.8. The fraction of sp³-hybridized carbons (Fsp3) is 0.333. The van der Waals surface area contributed by atoms with E-state index in [9.17, 15) is 14.0 Å². The standard InChI is InChI=1S/C21H25FN2O3/c1-14(2)19(23-20(25)15-9-11-17(27-4)12-10-15)21(26)24(3)13-16-7-5-6-8-18(16)22/h5-12,14,19H,13H2,1-4H3,(H,23,25). The van der Waals surface area contributed by atoms with Crippen LogP contribution in [-0.2, 0) is 11.3 Å². The summed E-state index contributed by atoms with van der Waals surface area (Å²) in [5, 5.41) is 2.79. The molecule has 1 unspecified atom stereocenters. The van der Waals surface area contributed by atoms with E-state index in [1.54, 1.807) is 56.6 Å². The molecule has 1 N–H and O–H groups in total. The Hall–Kier alpha value is -2.89. The van der Waals surface area contributed by atoms with Crippen molar-refractivity contribution < 1.29 is 18.7 Å². The molecule has 0 aliphatic heterocycles. The molecule has 27 heavy (non-hydrogen) atoms. The van der Waals surface area contributed by atoms with Gasteiger partial charge in [0.1, 0.15) is 17.6 Å². The molecule has 2 amide bonds. The Balaban J connectivity index is 2.09. The van der Waals surface area contributed by atoms with E-state index in [4.69, 9.17) is 4.74 Å². The zero-order valence-electron chi connectivity index (χ0n) is 16.0. The number of carbonyl (C=O) groups is 2. The summed E-state index contributed by atoms with van der Waals surface area (Å²) < 4.78 is 18.9. The molecule has 0 spiro atoms. The maximum atomic E-state index is 13.8. The van der Waals surface area contributed by atoms with Crippen molar-refractivity contribution in [2.24, 2.45) is 5.92 Å². The number of halogens is 1. The number of hydrogen-bond donors (Lipinski definition) is 1. The highest BCUT2D eigenvalue weighted by Crippen LogP contribution is 2.14. The Kier molecular flexibility index (Phi) is 6.93. The van der Waals surface area contributed by atoms with Crippen LogP contribution in [0.25, 0.3) is 0 Å². The Bertz CT molecular complexity index is 790. The van der Waals surface area contributed by atoms with Crippen molar-refractivity contribution >= 4 is 11.8 Å². The highest BCUT2D eigenvalue weighted by atomic mass is 19.1. The zero-order chi connectivity index (χ0) is 20.0. The van der Waals surface area contributed by atoms with Crippen LogP contribution in [0.1, 0.15) is 29.8 Å². The minimum Gasteiger partial charge on any atom is -0.497 e.